The first-order chi connectivity index (χ1) is 12.8. The first kappa shape index (κ1) is 16.2. The molecule has 0 N–H and O–H groups in total. The van der Waals surface area contributed by atoms with Gasteiger partial charge in [-0.15, -0.1) is 6.58 Å². The van der Waals surface area contributed by atoms with Crippen LogP contribution in [0.25, 0.3) is 16.7 Å². The lowest BCUT2D eigenvalue weighted by atomic mass is 10.0. The molecule has 1 heterocycles. The number of allylic oxidation sites excluding steroid dienone is 1. The minimum absolute atomic E-state index is 0.787. The summed E-state index contributed by atoms with van der Waals surface area (Å²) >= 11 is 0. The second kappa shape index (κ2) is 6.89. The van der Waals surface area contributed by atoms with Crippen LogP contribution in [0.4, 0.5) is 11.4 Å². The van der Waals surface area contributed by atoms with Gasteiger partial charge < -0.3 is 4.90 Å². The van der Waals surface area contributed by atoms with Crippen LogP contribution < -0.4 is 4.90 Å². The van der Waals surface area contributed by atoms with Crippen LogP contribution >= 0.6 is 0 Å². The molecule has 4 rings (SSSR count). The number of nitrogens with zero attached hydrogens (tertiary/aromatic N) is 3. The van der Waals surface area contributed by atoms with Gasteiger partial charge in [-0.3, -0.25) is 4.57 Å². The molecule has 0 fully saturated rings. The highest BCUT2D eigenvalue weighted by molar-refractivity contribution is 5.79. The minimum atomic E-state index is 0.787. The molecule has 1 aromatic heterocycles. The molecule has 0 bridgehead atoms. The zero-order valence-electron chi connectivity index (χ0n) is 14.8. The Bertz CT molecular complexity index is 1050. The summed E-state index contributed by atoms with van der Waals surface area (Å²) in [5.41, 5.74) is 6.81. The lowest BCUT2D eigenvalue weighted by Gasteiger charge is -2.24. The molecule has 0 saturated heterocycles. The highest BCUT2D eigenvalue weighted by Gasteiger charge is 2.15. The van der Waals surface area contributed by atoms with Crippen LogP contribution in [0.1, 0.15) is 5.56 Å². The summed E-state index contributed by atoms with van der Waals surface area (Å²) < 4.78 is 2.16. The van der Waals surface area contributed by atoms with Gasteiger partial charge in [0, 0.05) is 24.0 Å². The van der Waals surface area contributed by atoms with E-state index in [-0.39, 0.29) is 0 Å². The van der Waals surface area contributed by atoms with Gasteiger partial charge >= 0.3 is 0 Å². The van der Waals surface area contributed by atoms with Gasteiger partial charge in [0.25, 0.3) is 0 Å². The molecular weight excluding hydrogens is 318 g/mol. The molecule has 0 radical (unpaired) electrons. The zero-order chi connectivity index (χ0) is 17.9. The SMILES string of the molecule is C=CCc1c(N(C)c2ccccc2)cccc1-n1cnc2ccccc21. The van der Waals surface area contributed by atoms with Gasteiger partial charge in [-0.2, -0.15) is 0 Å². The number of imidazole rings is 1. The normalized spacial score (nSPS) is 10.8. The predicted molar refractivity (Wildman–Crippen MR) is 109 cm³/mol. The largest absolute Gasteiger partial charge is 0.344 e. The average Bonchev–Trinajstić information content (AvgIpc) is 3.12. The molecule has 3 aromatic carbocycles. The van der Waals surface area contributed by atoms with E-state index in [1.165, 1.54) is 11.3 Å². The van der Waals surface area contributed by atoms with Crippen molar-refractivity contribution in [1.29, 1.82) is 0 Å². The van der Waals surface area contributed by atoms with Crippen LogP contribution in [-0.4, -0.2) is 16.6 Å². The van der Waals surface area contributed by atoms with E-state index in [2.05, 4.69) is 76.6 Å². The maximum Gasteiger partial charge on any atom is 0.100 e. The Balaban J connectivity index is 1.90. The van der Waals surface area contributed by atoms with Crippen molar-refractivity contribution in [2.75, 3.05) is 11.9 Å². The molecule has 0 unspecified atom stereocenters. The Morgan fingerprint density at radius 1 is 0.962 bits per heavy atom. The van der Waals surface area contributed by atoms with Crippen LogP contribution in [0.3, 0.4) is 0 Å². The number of hydrogen-bond acceptors (Lipinski definition) is 2. The molecule has 0 aliphatic carbocycles. The summed E-state index contributed by atoms with van der Waals surface area (Å²) in [7, 11) is 2.10. The van der Waals surface area contributed by atoms with Crippen molar-refractivity contribution in [2.45, 2.75) is 6.42 Å². The topological polar surface area (TPSA) is 21.1 Å². The summed E-state index contributed by atoms with van der Waals surface area (Å²) in [5, 5.41) is 0. The molecule has 0 saturated carbocycles. The highest BCUT2D eigenvalue weighted by Crippen LogP contribution is 2.32. The molecule has 0 atom stereocenters. The molecule has 0 amide bonds. The molecular formula is C23H21N3. The Morgan fingerprint density at radius 2 is 1.73 bits per heavy atom. The monoisotopic (exact) mass is 339 g/mol. The van der Waals surface area contributed by atoms with Crippen LogP contribution in [0, 0.1) is 0 Å². The molecule has 3 nitrogen and oxygen atoms in total. The van der Waals surface area contributed by atoms with E-state index in [0.29, 0.717) is 0 Å². The van der Waals surface area contributed by atoms with Gasteiger partial charge in [-0.05, 0) is 42.8 Å². The average molecular weight is 339 g/mol. The minimum Gasteiger partial charge on any atom is -0.344 e. The maximum atomic E-state index is 4.55. The van der Waals surface area contributed by atoms with Crippen molar-refractivity contribution in [1.82, 2.24) is 9.55 Å². The third-order valence-electron chi connectivity index (χ3n) is 4.69. The van der Waals surface area contributed by atoms with Gasteiger partial charge in [-0.1, -0.05) is 42.5 Å². The molecule has 4 aromatic rings. The quantitative estimate of drug-likeness (QED) is 0.446. The van der Waals surface area contributed by atoms with E-state index in [4.69, 9.17) is 0 Å². The van der Waals surface area contributed by atoms with Gasteiger partial charge in [-0.25, -0.2) is 4.98 Å². The van der Waals surface area contributed by atoms with Crippen LogP contribution in [-0.2, 0) is 6.42 Å². The Kier molecular flexibility index (Phi) is 4.28. The number of rotatable bonds is 5. The van der Waals surface area contributed by atoms with E-state index in [0.717, 1.165) is 28.8 Å². The highest BCUT2D eigenvalue weighted by atomic mass is 15.1. The standard InChI is InChI=1S/C23H21N3/c1-3-10-19-21(25(2)18-11-5-4-6-12-18)15-9-16-22(19)26-17-24-20-13-7-8-14-23(20)26/h3-9,11-17H,1,10H2,2H3. The van der Waals surface area contributed by atoms with Gasteiger partial charge in [0.2, 0.25) is 0 Å². The number of hydrogen-bond donors (Lipinski definition) is 0. The number of fused-ring (bicyclic) bond motifs is 1. The van der Waals surface area contributed by atoms with Crippen molar-refractivity contribution >= 4 is 22.4 Å². The third-order valence-corrected chi connectivity index (χ3v) is 4.69. The van der Waals surface area contributed by atoms with Crippen molar-refractivity contribution in [2.24, 2.45) is 0 Å². The molecule has 0 spiro atoms. The number of benzene rings is 3. The number of anilines is 2. The summed E-state index contributed by atoms with van der Waals surface area (Å²) in [6.07, 6.45) is 4.65. The van der Waals surface area contributed by atoms with Crippen molar-refractivity contribution in [3.8, 4) is 5.69 Å². The van der Waals surface area contributed by atoms with E-state index < -0.39 is 0 Å². The maximum absolute atomic E-state index is 4.55. The summed E-state index contributed by atoms with van der Waals surface area (Å²) in [4.78, 5) is 6.78. The number of aromatic nitrogens is 2. The Labute approximate surface area is 153 Å². The van der Waals surface area contributed by atoms with Crippen molar-refractivity contribution in [3.05, 3.63) is 97.3 Å². The number of para-hydroxylation sites is 3. The van der Waals surface area contributed by atoms with Crippen molar-refractivity contribution < 1.29 is 0 Å². The van der Waals surface area contributed by atoms with E-state index in [1.807, 2.05) is 36.7 Å². The van der Waals surface area contributed by atoms with Crippen molar-refractivity contribution in [3.63, 3.8) is 0 Å². The fraction of sp³-hybridized carbons (Fsp3) is 0.0870. The Morgan fingerprint density at radius 3 is 2.54 bits per heavy atom. The smallest absolute Gasteiger partial charge is 0.100 e. The fourth-order valence-electron chi connectivity index (χ4n) is 3.40. The second-order valence-electron chi connectivity index (χ2n) is 6.27. The van der Waals surface area contributed by atoms with Gasteiger partial charge in [0.05, 0.1) is 16.7 Å². The zero-order valence-corrected chi connectivity index (χ0v) is 14.8. The van der Waals surface area contributed by atoms with E-state index >= 15 is 0 Å². The first-order valence-electron chi connectivity index (χ1n) is 8.73. The lowest BCUT2D eigenvalue weighted by Crippen LogP contribution is -2.13. The molecule has 128 valence electrons. The van der Waals surface area contributed by atoms with E-state index in [1.54, 1.807) is 0 Å². The van der Waals surface area contributed by atoms with Crippen LogP contribution in [0.2, 0.25) is 0 Å². The molecule has 0 aliphatic heterocycles. The van der Waals surface area contributed by atoms with Crippen LogP contribution in [0.15, 0.2) is 91.8 Å². The lowest BCUT2D eigenvalue weighted by molar-refractivity contribution is 1.04. The molecule has 0 aliphatic rings. The third kappa shape index (κ3) is 2.78. The fourth-order valence-corrected chi connectivity index (χ4v) is 3.40. The summed E-state index contributed by atoms with van der Waals surface area (Å²) in [6, 6.07) is 25.0. The summed E-state index contributed by atoms with van der Waals surface area (Å²) in [5.74, 6) is 0. The van der Waals surface area contributed by atoms with Crippen LogP contribution in [0.5, 0.6) is 0 Å². The second-order valence-corrected chi connectivity index (χ2v) is 6.27. The Hall–Kier alpha value is -3.33. The first-order valence-corrected chi connectivity index (χ1v) is 8.73. The predicted octanol–water partition coefficient (Wildman–Crippen LogP) is 5.52. The van der Waals surface area contributed by atoms with E-state index in [9.17, 15) is 0 Å². The summed E-state index contributed by atoms with van der Waals surface area (Å²) in [6.45, 7) is 3.97. The van der Waals surface area contributed by atoms with Gasteiger partial charge in [0.1, 0.15) is 6.33 Å². The molecule has 26 heavy (non-hydrogen) atoms. The molecule has 3 heteroatoms. The van der Waals surface area contributed by atoms with Gasteiger partial charge in [0.15, 0.2) is 0 Å².